The van der Waals surface area contributed by atoms with E-state index in [4.69, 9.17) is 7.58 Å². The molecule has 0 amide bonds. The van der Waals surface area contributed by atoms with E-state index in [9.17, 15) is 0 Å². The molecule has 0 radical (unpaired) electrons. The number of hydrogen-bond donors (Lipinski definition) is 0. The zero-order valence-corrected chi connectivity index (χ0v) is 25.8. The Morgan fingerprint density at radius 2 is 0.674 bits per heavy atom. The molecule has 0 aliphatic carbocycles. The van der Waals surface area contributed by atoms with Gasteiger partial charge in [-0.25, -0.2) is 0 Å². The van der Waals surface area contributed by atoms with Crippen LogP contribution in [0, 0.1) is 5.92 Å². The summed E-state index contributed by atoms with van der Waals surface area (Å²) in [6.45, 7) is 4.49. The molecule has 0 aliphatic heterocycles. The smallest absolute Gasteiger partial charge is 0.611 e. The summed E-state index contributed by atoms with van der Waals surface area (Å²) in [5.41, 5.74) is 8.81. The Labute approximate surface area is 260 Å². The summed E-state index contributed by atoms with van der Waals surface area (Å²) in [7, 11) is 0. The zero-order chi connectivity index (χ0) is 29.4. The summed E-state index contributed by atoms with van der Waals surface area (Å²) in [6, 6.07) is 54.9. The average molecular weight is 575 g/mol. The highest BCUT2D eigenvalue weighted by molar-refractivity contribution is 6.47. The lowest BCUT2D eigenvalue weighted by molar-refractivity contribution is 0.413. The van der Waals surface area contributed by atoms with E-state index >= 15 is 0 Å². The van der Waals surface area contributed by atoms with Crippen molar-refractivity contribution in [3.63, 3.8) is 0 Å². The maximum Gasteiger partial charge on any atom is 0.857 e. The molecule has 0 unspecified atom stereocenters. The van der Waals surface area contributed by atoms with E-state index in [0.717, 1.165) is 61.3 Å². The van der Waals surface area contributed by atoms with E-state index in [-0.39, 0.29) is 0 Å². The van der Waals surface area contributed by atoms with Crippen molar-refractivity contribution in [2.45, 2.75) is 19.1 Å². The molecular weight excluding hydrogens is 539 g/mol. The number of para-hydroxylation sites is 2. The number of hydrogen-bond acceptors (Lipinski definition) is 2. The molecule has 210 valence electrons. The van der Waals surface area contributed by atoms with Gasteiger partial charge in [0.05, 0.1) is 11.5 Å². The van der Waals surface area contributed by atoms with Crippen LogP contribution in [0.2, 0.25) is 5.28 Å². The van der Waals surface area contributed by atoms with Crippen LogP contribution >= 0.6 is 0 Å². The fourth-order valence-electron chi connectivity index (χ4n) is 5.48. The van der Waals surface area contributed by atoms with Crippen LogP contribution in [0.1, 0.15) is 13.8 Å². The monoisotopic (exact) mass is 574 g/mol. The minimum atomic E-state index is -2.35. The van der Waals surface area contributed by atoms with E-state index in [1.54, 1.807) is 0 Å². The molecule has 43 heavy (non-hydrogen) atoms. The van der Waals surface area contributed by atoms with Crippen molar-refractivity contribution in [2.24, 2.45) is 5.92 Å². The fraction of sp³-hybridized carbons (Fsp3) is 0.100. The molecule has 6 aromatic carbocycles. The van der Waals surface area contributed by atoms with Gasteiger partial charge < -0.3 is 7.58 Å². The fourth-order valence-corrected chi connectivity index (χ4v) is 7.52. The van der Waals surface area contributed by atoms with Crippen molar-refractivity contribution in [1.82, 2.24) is 0 Å². The first-order valence-corrected chi connectivity index (χ1v) is 16.7. The van der Waals surface area contributed by atoms with Crippen molar-refractivity contribution in [1.29, 1.82) is 0 Å². The Morgan fingerprint density at radius 1 is 0.395 bits per heavy atom. The highest BCUT2D eigenvalue weighted by Crippen LogP contribution is 2.42. The average Bonchev–Trinajstić information content (AvgIpc) is 3.06. The van der Waals surface area contributed by atoms with Crippen molar-refractivity contribution >= 4 is 14.8 Å². The molecule has 0 N–H and O–H groups in total. The second kappa shape index (κ2) is 13.6. The standard InChI is InChI=1S/2C18H14O.C4H9.Al/c2*19-18-16(14-8-3-1-4-9-14)12-7-13-17(18)15-10-5-2-6-11-15;1-4(2)3;/h2*1-13,19H;4H,1H2,2-3H3;/q;;;+2/p-2. The molecule has 0 heterocycles. The van der Waals surface area contributed by atoms with Crippen LogP contribution in [0.4, 0.5) is 0 Å². The van der Waals surface area contributed by atoms with Crippen LogP contribution in [-0.4, -0.2) is 14.8 Å². The Morgan fingerprint density at radius 3 is 0.930 bits per heavy atom. The van der Waals surface area contributed by atoms with Gasteiger partial charge in [-0.15, -0.1) is 0 Å². The summed E-state index contributed by atoms with van der Waals surface area (Å²) in [5, 5.41) is 0.856. The van der Waals surface area contributed by atoms with Crippen LogP contribution in [0.3, 0.4) is 0 Å². The summed E-state index contributed by atoms with van der Waals surface area (Å²) in [6.07, 6.45) is 0. The molecule has 0 saturated heterocycles. The summed E-state index contributed by atoms with van der Waals surface area (Å²) >= 11 is -2.35. The van der Waals surface area contributed by atoms with E-state index in [1.165, 1.54) is 0 Å². The van der Waals surface area contributed by atoms with Gasteiger partial charge in [-0.3, -0.25) is 0 Å². The first kappa shape index (κ1) is 28.6. The van der Waals surface area contributed by atoms with Crippen LogP contribution in [0.25, 0.3) is 44.5 Å². The third-order valence-corrected chi connectivity index (χ3v) is 9.86. The topological polar surface area (TPSA) is 18.5 Å². The van der Waals surface area contributed by atoms with Gasteiger partial charge in [0.25, 0.3) is 0 Å². The lowest BCUT2D eigenvalue weighted by Gasteiger charge is -2.25. The first-order valence-electron chi connectivity index (χ1n) is 15.0. The summed E-state index contributed by atoms with van der Waals surface area (Å²) in [4.78, 5) is 0. The van der Waals surface area contributed by atoms with Crippen LogP contribution in [0.5, 0.6) is 11.5 Å². The van der Waals surface area contributed by atoms with E-state index < -0.39 is 14.8 Å². The van der Waals surface area contributed by atoms with Gasteiger partial charge in [-0.2, -0.15) is 0 Å². The molecule has 0 spiro atoms. The largest absolute Gasteiger partial charge is 0.857 e. The summed E-state index contributed by atoms with van der Waals surface area (Å²) < 4.78 is 14.4. The molecule has 6 aromatic rings. The Balaban J connectivity index is 1.49. The van der Waals surface area contributed by atoms with Crippen molar-refractivity contribution in [3.8, 4) is 56.0 Å². The van der Waals surface area contributed by atoms with E-state index in [1.807, 2.05) is 0 Å². The number of rotatable bonds is 10. The van der Waals surface area contributed by atoms with Crippen LogP contribution < -0.4 is 7.58 Å². The molecule has 0 aromatic heterocycles. The van der Waals surface area contributed by atoms with Gasteiger partial charge in [0.2, 0.25) is 0 Å². The molecule has 0 aliphatic rings. The molecule has 6 rings (SSSR count). The Kier molecular flexibility index (Phi) is 9.05. The maximum atomic E-state index is 7.20. The van der Waals surface area contributed by atoms with Gasteiger partial charge in [-0.05, 0) is 27.5 Å². The predicted octanol–water partition coefficient (Wildman–Crippen LogP) is 11.0. The third kappa shape index (κ3) is 6.76. The Bertz CT molecular complexity index is 1510. The maximum absolute atomic E-state index is 7.20. The molecule has 0 atom stereocenters. The number of benzene rings is 6. The molecule has 0 bridgehead atoms. The highest BCUT2D eigenvalue weighted by Gasteiger charge is 2.36. The predicted molar refractivity (Wildman–Crippen MR) is 181 cm³/mol. The van der Waals surface area contributed by atoms with Crippen LogP contribution in [-0.2, 0) is 0 Å². The van der Waals surface area contributed by atoms with Crippen LogP contribution in [0.15, 0.2) is 158 Å². The zero-order valence-electron chi connectivity index (χ0n) is 24.7. The molecular formula is C40H35AlO2. The second-order valence-electron chi connectivity index (χ2n) is 11.1. The molecule has 0 saturated carbocycles. The van der Waals surface area contributed by atoms with Gasteiger partial charge in [0, 0.05) is 22.3 Å². The van der Waals surface area contributed by atoms with Crippen molar-refractivity contribution in [2.75, 3.05) is 0 Å². The third-order valence-electron chi connectivity index (χ3n) is 7.53. The highest BCUT2D eigenvalue weighted by atomic mass is 27.2. The normalized spacial score (nSPS) is 10.9. The lowest BCUT2D eigenvalue weighted by Crippen LogP contribution is -2.32. The Hall–Kier alpha value is -4.55. The van der Waals surface area contributed by atoms with Crippen molar-refractivity contribution < 1.29 is 7.58 Å². The quantitative estimate of drug-likeness (QED) is 0.152. The summed E-state index contributed by atoms with van der Waals surface area (Å²) in [5.74, 6) is 2.18. The molecule has 3 heteroatoms. The SMILES string of the molecule is CC(C)[CH2][Al]([O]c1c(-c2ccccc2)cccc1-c1ccccc1)[O]c1c(-c2ccccc2)cccc1-c1ccccc1. The van der Waals surface area contributed by atoms with Gasteiger partial charge in [0.1, 0.15) is 0 Å². The first-order chi connectivity index (χ1) is 21.2. The molecule has 0 fully saturated rings. The lowest BCUT2D eigenvalue weighted by atomic mass is 9.97. The second-order valence-corrected chi connectivity index (χ2v) is 12.9. The van der Waals surface area contributed by atoms with E-state index in [2.05, 4.69) is 172 Å². The minimum absolute atomic E-state index is 0.407. The van der Waals surface area contributed by atoms with E-state index in [0.29, 0.717) is 5.92 Å². The van der Waals surface area contributed by atoms with Gasteiger partial charge >= 0.3 is 14.8 Å². The molecule has 2 nitrogen and oxygen atoms in total. The van der Waals surface area contributed by atoms with Gasteiger partial charge in [-0.1, -0.05) is 177 Å². The van der Waals surface area contributed by atoms with Gasteiger partial charge in [0.15, 0.2) is 0 Å². The minimum Gasteiger partial charge on any atom is -0.611 e. The van der Waals surface area contributed by atoms with Crippen molar-refractivity contribution in [3.05, 3.63) is 158 Å².